The molecule has 0 amide bonds. The zero-order valence-electron chi connectivity index (χ0n) is 16.9. The van der Waals surface area contributed by atoms with Crippen LogP contribution in [-0.2, 0) is 16.0 Å². The van der Waals surface area contributed by atoms with E-state index in [0.29, 0.717) is 22.4 Å². The molecule has 1 fully saturated rings. The molecule has 9 heteroatoms. The Balaban J connectivity index is 1.86. The van der Waals surface area contributed by atoms with Crippen LogP contribution < -0.4 is 10.5 Å². The number of ether oxygens (including phenoxy) is 1. The minimum absolute atomic E-state index is 0.0505. The lowest BCUT2D eigenvalue weighted by Crippen LogP contribution is -2.25. The van der Waals surface area contributed by atoms with E-state index < -0.39 is 0 Å². The van der Waals surface area contributed by atoms with E-state index in [4.69, 9.17) is 4.74 Å². The Hall–Kier alpha value is -3.20. The van der Waals surface area contributed by atoms with Crippen molar-refractivity contribution in [3.05, 3.63) is 62.9 Å². The first kappa shape index (κ1) is 19.7. The second-order valence-electron chi connectivity index (χ2n) is 7.51. The molecule has 0 radical (unpaired) electrons. The number of para-hydroxylation sites is 1. The van der Waals surface area contributed by atoms with Gasteiger partial charge in [-0.05, 0) is 42.7 Å². The van der Waals surface area contributed by atoms with Crippen LogP contribution in [0.5, 0.6) is 0 Å². The second-order valence-corrected chi connectivity index (χ2v) is 8.43. The Kier molecular flexibility index (Phi) is 4.97. The van der Waals surface area contributed by atoms with Gasteiger partial charge >= 0.3 is 5.97 Å². The van der Waals surface area contributed by atoms with E-state index in [0.717, 1.165) is 41.9 Å². The highest BCUT2D eigenvalue weighted by molar-refractivity contribution is 9.10. The van der Waals surface area contributed by atoms with Crippen LogP contribution in [0.2, 0.25) is 0 Å². The van der Waals surface area contributed by atoms with Crippen LogP contribution in [0, 0.1) is 0 Å². The Morgan fingerprint density at radius 3 is 2.68 bits per heavy atom. The summed E-state index contributed by atoms with van der Waals surface area (Å²) in [7, 11) is 1.35. The molecular weight excluding hydrogens is 462 g/mol. The van der Waals surface area contributed by atoms with Crippen molar-refractivity contribution in [1.29, 1.82) is 0 Å². The number of rotatable bonds is 4. The van der Waals surface area contributed by atoms with E-state index in [1.165, 1.54) is 7.11 Å². The molecule has 0 atom stereocenters. The quantitative estimate of drug-likeness (QED) is 0.416. The lowest BCUT2D eigenvalue weighted by Gasteiger charge is -2.18. The summed E-state index contributed by atoms with van der Waals surface area (Å²) in [6, 6.07) is 12.9. The van der Waals surface area contributed by atoms with E-state index >= 15 is 0 Å². The van der Waals surface area contributed by atoms with Crippen molar-refractivity contribution in [2.75, 3.05) is 25.1 Å². The molecule has 3 heterocycles. The van der Waals surface area contributed by atoms with E-state index in [2.05, 4.69) is 31.0 Å². The molecule has 0 bridgehead atoms. The summed E-state index contributed by atoms with van der Waals surface area (Å²) in [6.07, 6.45) is 2.24. The number of carbonyl (C=O) groups is 1. The maximum absolute atomic E-state index is 13.7. The van der Waals surface area contributed by atoms with Crippen molar-refractivity contribution < 1.29 is 9.53 Å². The van der Waals surface area contributed by atoms with Gasteiger partial charge in [0.15, 0.2) is 0 Å². The molecule has 158 valence electrons. The van der Waals surface area contributed by atoms with Gasteiger partial charge in [-0.3, -0.25) is 9.59 Å². The molecule has 2 aromatic heterocycles. The summed E-state index contributed by atoms with van der Waals surface area (Å²) >= 11 is 3.48. The van der Waals surface area contributed by atoms with Crippen LogP contribution in [0.3, 0.4) is 0 Å². The fourth-order valence-electron chi connectivity index (χ4n) is 4.16. The number of methoxy groups -OCH3 is 1. The van der Waals surface area contributed by atoms with Crippen molar-refractivity contribution in [3.8, 4) is 5.69 Å². The Morgan fingerprint density at radius 1 is 1.13 bits per heavy atom. The third kappa shape index (κ3) is 3.29. The van der Waals surface area contributed by atoms with E-state index in [1.54, 1.807) is 4.57 Å². The van der Waals surface area contributed by atoms with Crippen molar-refractivity contribution in [2.24, 2.45) is 0 Å². The molecule has 1 aliphatic rings. The summed E-state index contributed by atoms with van der Waals surface area (Å²) in [5.41, 5.74) is 1.79. The normalized spacial score (nSPS) is 13.9. The first-order valence-electron chi connectivity index (χ1n) is 10.1. The Bertz CT molecular complexity index is 1370. The maximum Gasteiger partial charge on any atom is 0.310 e. The number of benzene rings is 2. The van der Waals surface area contributed by atoms with E-state index in [-0.39, 0.29) is 17.9 Å². The van der Waals surface area contributed by atoms with Gasteiger partial charge in [0.25, 0.3) is 5.56 Å². The molecule has 0 saturated carbocycles. The summed E-state index contributed by atoms with van der Waals surface area (Å²) in [5, 5.41) is 9.42. The van der Waals surface area contributed by atoms with Gasteiger partial charge in [-0.2, -0.15) is 0 Å². The number of halogens is 1. The lowest BCUT2D eigenvalue weighted by molar-refractivity contribution is -0.139. The highest BCUT2D eigenvalue weighted by atomic mass is 79.9. The van der Waals surface area contributed by atoms with Gasteiger partial charge in [0.05, 0.1) is 30.1 Å². The topological polar surface area (TPSA) is 81.7 Å². The molecule has 8 nitrogen and oxygen atoms in total. The average Bonchev–Trinajstić information content (AvgIpc) is 3.45. The number of hydrogen-bond donors (Lipinski definition) is 0. The summed E-state index contributed by atoms with van der Waals surface area (Å²) in [6.45, 7) is 1.80. The predicted octanol–water partition coefficient (Wildman–Crippen LogP) is 3.11. The van der Waals surface area contributed by atoms with E-state index in [9.17, 15) is 9.59 Å². The molecule has 5 rings (SSSR count). The summed E-state index contributed by atoms with van der Waals surface area (Å²) < 4.78 is 9.13. The van der Waals surface area contributed by atoms with Gasteiger partial charge in [-0.25, -0.2) is 8.97 Å². The smallest absolute Gasteiger partial charge is 0.310 e. The van der Waals surface area contributed by atoms with Crippen molar-refractivity contribution in [1.82, 2.24) is 19.2 Å². The van der Waals surface area contributed by atoms with Crippen LogP contribution in [0.25, 0.3) is 22.4 Å². The van der Waals surface area contributed by atoms with Crippen molar-refractivity contribution in [3.63, 3.8) is 0 Å². The number of aromatic nitrogens is 4. The predicted molar refractivity (Wildman–Crippen MR) is 121 cm³/mol. The van der Waals surface area contributed by atoms with Gasteiger partial charge in [0.2, 0.25) is 11.7 Å². The molecule has 4 aromatic rings. The van der Waals surface area contributed by atoms with Gasteiger partial charge in [-0.15, -0.1) is 10.2 Å². The first-order valence-corrected chi connectivity index (χ1v) is 10.9. The number of carbonyl (C=O) groups excluding carboxylic acids is 1. The number of nitrogens with zero attached hydrogens (tertiary/aromatic N) is 5. The van der Waals surface area contributed by atoms with Gasteiger partial charge in [0, 0.05) is 17.6 Å². The second kappa shape index (κ2) is 7.81. The third-order valence-corrected chi connectivity index (χ3v) is 6.14. The molecule has 0 N–H and O–H groups in total. The number of fused-ring (bicyclic) bond motifs is 3. The fraction of sp³-hybridized carbons (Fsp3) is 0.273. The van der Waals surface area contributed by atoms with Gasteiger partial charge in [-0.1, -0.05) is 34.1 Å². The van der Waals surface area contributed by atoms with Gasteiger partial charge < -0.3 is 9.64 Å². The lowest BCUT2D eigenvalue weighted by atomic mass is 10.1. The van der Waals surface area contributed by atoms with Crippen LogP contribution in [-0.4, -0.2) is 45.3 Å². The minimum atomic E-state index is -0.376. The molecule has 2 aromatic carbocycles. The highest BCUT2D eigenvalue weighted by Gasteiger charge is 2.24. The largest absolute Gasteiger partial charge is 0.469 e. The van der Waals surface area contributed by atoms with E-state index in [1.807, 2.05) is 46.9 Å². The van der Waals surface area contributed by atoms with Crippen LogP contribution in [0.4, 0.5) is 5.95 Å². The van der Waals surface area contributed by atoms with Crippen molar-refractivity contribution in [2.45, 2.75) is 19.3 Å². The zero-order valence-corrected chi connectivity index (χ0v) is 18.5. The molecule has 0 unspecified atom stereocenters. The molecule has 1 saturated heterocycles. The highest BCUT2D eigenvalue weighted by Crippen LogP contribution is 2.27. The van der Waals surface area contributed by atoms with Crippen LogP contribution >= 0.6 is 15.9 Å². The SMILES string of the molecule is COC(=O)Cc1ccccc1-n1c(=O)c2cc(Br)ccc2n2c(N3CCCC3)nnc12. The first-order chi connectivity index (χ1) is 15.1. The zero-order chi connectivity index (χ0) is 21.5. The molecule has 0 aliphatic carbocycles. The molecular formula is C22H20BrN5O3. The molecule has 1 aliphatic heterocycles. The summed E-state index contributed by atoms with van der Waals surface area (Å²) in [5.74, 6) is 0.761. The fourth-order valence-corrected chi connectivity index (χ4v) is 4.52. The third-order valence-electron chi connectivity index (χ3n) is 5.65. The Labute approximate surface area is 186 Å². The standard InChI is InChI=1S/C22H20BrN5O3/c1-31-19(29)12-14-6-2-3-7-17(14)27-20(30)16-13-15(23)8-9-18(16)28-21(24-25-22(27)28)26-10-4-5-11-26/h2-3,6-9,13H,4-5,10-12H2,1H3. The minimum Gasteiger partial charge on any atom is -0.469 e. The van der Waals surface area contributed by atoms with Crippen LogP contribution in [0.1, 0.15) is 18.4 Å². The van der Waals surface area contributed by atoms with Gasteiger partial charge in [0.1, 0.15) is 0 Å². The number of anilines is 1. The molecule has 31 heavy (non-hydrogen) atoms. The maximum atomic E-state index is 13.7. The number of esters is 1. The average molecular weight is 482 g/mol. The summed E-state index contributed by atoms with van der Waals surface area (Å²) in [4.78, 5) is 27.8. The molecule has 0 spiro atoms. The Morgan fingerprint density at radius 2 is 1.90 bits per heavy atom. The van der Waals surface area contributed by atoms with Crippen LogP contribution in [0.15, 0.2) is 51.7 Å². The monoisotopic (exact) mass is 481 g/mol. The number of hydrogen-bond acceptors (Lipinski definition) is 6. The van der Waals surface area contributed by atoms with Crippen molar-refractivity contribution >= 4 is 44.5 Å².